The second-order valence-electron chi connectivity index (χ2n) is 5.45. The van der Waals surface area contributed by atoms with Crippen LogP contribution < -0.4 is 10.6 Å². The van der Waals surface area contributed by atoms with Crippen LogP contribution in [0.15, 0.2) is 59.9 Å². The molecule has 4 nitrogen and oxygen atoms in total. The Bertz CT molecular complexity index is 546. The van der Waals surface area contributed by atoms with Gasteiger partial charge < -0.3 is 15.2 Å². The van der Waals surface area contributed by atoms with Crippen LogP contribution in [0.25, 0.3) is 0 Å². The molecule has 0 bridgehead atoms. The van der Waals surface area contributed by atoms with Crippen LogP contribution in [0.3, 0.4) is 0 Å². The summed E-state index contributed by atoms with van der Waals surface area (Å²) in [6, 6.07) is 14.7. The molecule has 1 aromatic carbocycles. The monoisotopic (exact) mass is 298 g/mol. The highest BCUT2D eigenvalue weighted by Gasteiger charge is 2.05. The van der Waals surface area contributed by atoms with E-state index in [0.717, 1.165) is 32.0 Å². The summed E-state index contributed by atoms with van der Waals surface area (Å²) in [5.41, 5.74) is 1.39. The zero-order valence-electron chi connectivity index (χ0n) is 13.5. The Morgan fingerprint density at radius 2 is 1.73 bits per heavy atom. The van der Waals surface area contributed by atoms with Crippen molar-refractivity contribution in [1.82, 2.24) is 15.2 Å². The van der Waals surface area contributed by atoms with Gasteiger partial charge in [0.25, 0.3) is 0 Å². The molecule has 1 atom stereocenters. The Hall–Kier alpha value is -2.23. The fraction of sp³-hybridized carbons (Fsp3) is 0.389. The zero-order chi connectivity index (χ0) is 15.6. The first-order chi connectivity index (χ1) is 10.8. The highest BCUT2D eigenvalue weighted by Crippen LogP contribution is 2.17. The molecule has 0 saturated heterocycles. The number of hydrogen-bond acceptors (Lipinski definition) is 1. The smallest absolute Gasteiger partial charge is 0.191 e. The van der Waals surface area contributed by atoms with Crippen LogP contribution in [0.5, 0.6) is 0 Å². The highest BCUT2D eigenvalue weighted by atomic mass is 15.2. The number of rotatable bonds is 7. The van der Waals surface area contributed by atoms with Gasteiger partial charge in [-0.3, -0.25) is 4.99 Å². The van der Waals surface area contributed by atoms with E-state index in [1.54, 1.807) is 0 Å². The quantitative estimate of drug-likeness (QED) is 0.609. The summed E-state index contributed by atoms with van der Waals surface area (Å²) in [7, 11) is 1.81. The third-order valence-electron chi connectivity index (χ3n) is 3.79. The Kier molecular flexibility index (Phi) is 6.55. The van der Waals surface area contributed by atoms with Crippen LogP contribution in [-0.4, -0.2) is 30.7 Å². The number of nitrogens with zero attached hydrogens (tertiary/aromatic N) is 2. The summed E-state index contributed by atoms with van der Waals surface area (Å²) in [6.45, 7) is 4.98. The molecule has 1 unspecified atom stereocenters. The molecular weight excluding hydrogens is 272 g/mol. The van der Waals surface area contributed by atoms with Crippen molar-refractivity contribution < 1.29 is 0 Å². The maximum atomic E-state index is 4.26. The van der Waals surface area contributed by atoms with Crippen molar-refractivity contribution in [2.24, 2.45) is 4.99 Å². The second-order valence-corrected chi connectivity index (χ2v) is 5.45. The first kappa shape index (κ1) is 16.1. The summed E-state index contributed by atoms with van der Waals surface area (Å²) < 4.78 is 2.15. The lowest BCUT2D eigenvalue weighted by Gasteiger charge is -2.15. The summed E-state index contributed by atoms with van der Waals surface area (Å²) >= 11 is 0. The van der Waals surface area contributed by atoms with Gasteiger partial charge >= 0.3 is 0 Å². The van der Waals surface area contributed by atoms with E-state index >= 15 is 0 Å². The van der Waals surface area contributed by atoms with Crippen molar-refractivity contribution in [3.8, 4) is 0 Å². The number of guanidine groups is 1. The van der Waals surface area contributed by atoms with Crippen LogP contribution in [-0.2, 0) is 6.54 Å². The standard InChI is InChI=1S/C18H26N4/c1-16(17-8-4-3-5-9-17)10-11-20-18(19-2)21-12-15-22-13-6-7-14-22/h3-9,13-14,16H,10-12,15H2,1-2H3,(H2,19,20,21). The van der Waals surface area contributed by atoms with Crippen LogP contribution in [0, 0.1) is 0 Å². The predicted molar refractivity (Wildman–Crippen MR) is 93.3 cm³/mol. The van der Waals surface area contributed by atoms with Gasteiger partial charge in [-0.25, -0.2) is 0 Å². The largest absolute Gasteiger partial charge is 0.356 e. The van der Waals surface area contributed by atoms with Crippen molar-refractivity contribution in [3.63, 3.8) is 0 Å². The van der Waals surface area contributed by atoms with E-state index < -0.39 is 0 Å². The van der Waals surface area contributed by atoms with Gasteiger partial charge in [-0.15, -0.1) is 0 Å². The van der Waals surface area contributed by atoms with Gasteiger partial charge in [-0.2, -0.15) is 0 Å². The minimum atomic E-state index is 0.548. The van der Waals surface area contributed by atoms with Crippen LogP contribution in [0.1, 0.15) is 24.8 Å². The molecule has 2 rings (SSSR count). The zero-order valence-corrected chi connectivity index (χ0v) is 13.5. The Morgan fingerprint density at radius 1 is 1.05 bits per heavy atom. The SMILES string of the molecule is CN=C(NCCC(C)c1ccccc1)NCCn1cccc1. The van der Waals surface area contributed by atoms with Crippen LogP contribution in [0.4, 0.5) is 0 Å². The van der Waals surface area contributed by atoms with Gasteiger partial charge in [0.1, 0.15) is 0 Å². The molecule has 0 saturated carbocycles. The molecule has 4 heteroatoms. The molecular formula is C18H26N4. The molecule has 0 aliphatic carbocycles. The molecule has 0 spiro atoms. The van der Waals surface area contributed by atoms with E-state index in [2.05, 4.69) is 69.8 Å². The summed E-state index contributed by atoms with van der Waals surface area (Å²) in [5, 5.41) is 6.72. The molecule has 0 aliphatic heterocycles. The predicted octanol–water partition coefficient (Wildman–Crippen LogP) is 2.85. The average Bonchev–Trinajstić information content (AvgIpc) is 3.07. The topological polar surface area (TPSA) is 41.4 Å². The molecule has 0 aliphatic rings. The Morgan fingerprint density at radius 3 is 2.41 bits per heavy atom. The fourth-order valence-electron chi connectivity index (χ4n) is 2.40. The maximum absolute atomic E-state index is 4.26. The summed E-state index contributed by atoms with van der Waals surface area (Å²) in [6.07, 6.45) is 5.22. The first-order valence-corrected chi connectivity index (χ1v) is 7.90. The van der Waals surface area contributed by atoms with Crippen LogP contribution >= 0.6 is 0 Å². The molecule has 1 aromatic heterocycles. The Labute approximate surface area is 133 Å². The molecule has 0 fully saturated rings. The molecule has 0 amide bonds. The van der Waals surface area contributed by atoms with Crippen molar-refractivity contribution >= 4 is 5.96 Å². The minimum Gasteiger partial charge on any atom is -0.356 e. The van der Waals surface area contributed by atoms with Crippen molar-refractivity contribution in [2.45, 2.75) is 25.8 Å². The van der Waals surface area contributed by atoms with E-state index in [-0.39, 0.29) is 0 Å². The molecule has 1 heterocycles. The maximum Gasteiger partial charge on any atom is 0.191 e. The molecule has 2 N–H and O–H groups in total. The van der Waals surface area contributed by atoms with Gasteiger partial charge in [0.05, 0.1) is 0 Å². The summed E-state index contributed by atoms with van der Waals surface area (Å²) in [5.74, 6) is 1.42. The fourth-order valence-corrected chi connectivity index (χ4v) is 2.40. The van der Waals surface area contributed by atoms with E-state index in [0.29, 0.717) is 5.92 Å². The van der Waals surface area contributed by atoms with E-state index in [1.165, 1.54) is 5.56 Å². The number of hydrogen-bond donors (Lipinski definition) is 2. The summed E-state index contributed by atoms with van der Waals surface area (Å²) in [4.78, 5) is 4.26. The van der Waals surface area contributed by atoms with Gasteiger partial charge in [-0.05, 0) is 30.0 Å². The van der Waals surface area contributed by atoms with Gasteiger partial charge in [-0.1, -0.05) is 37.3 Å². The third-order valence-corrected chi connectivity index (χ3v) is 3.79. The van der Waals surface area contributed by atoms with E-state index in [9.17, 15) is 0 Å². The third kappa shape index (κ3) is 5.28. The highest BCUT2D eigenvalue weighted by molar-refractivity contribution is 5.79. The Balaban J connectivity index is 1.66. The average molecular weight is 298 g/mol. The van der Waals surface area contributed by atoms with Gasteiger partial charge in [0, 0.05) is 39.1 Å². The lowest BCUT2D eigenvalue weighted by Crippen LogP contribution is -2.39. The molecule has 22 heavy (non-hydrogen) atoms. The molecule has 0 radical (unpaired) electrons. The van der Waals surface area contributed by atoms with Crippen molar-refractivity contribution in [1.29, 1.82) is 0 Å². The van der Waals surface area contributed by atoms with Crippen LogP contribution in [0.2, 0.25) is 0 Å². The number of nitrogens with one attached hydrogen (secondary N) is 2. The molecule has 118 valence electrons. The number of aromatic nitrogens is 1. The van der Waals surface area contributed by atoms with E-state index in [4.69, 9.17) is 0 Å². The van der Waals surface area contributed by atoms with E-state index in [1.807, 2.05) is 19.2 Å². The molecule has 2 aromatic rings. The van der Waals surface area contributed by atoms with Gasteiger partial charge in [0.15, 0.2) is 5.96 Å². The lowest BCUT2D eigenvalue weighted by atomic mass is 9.98. The van der Waals surface area contributed by atoms with Crippen molar-refractivity contribution in [2.75, 3.05) is 20.1 Å². The number of aliphatic imine (C=N–C) groups is 1. The normalized spacial score (nSPS) is 12.9. The van der Waals surface area contributed by atoms with Gasteiger partial charge in [0.2, 0.25) is 0 Å². The second kappa shape index (κ2) is 8.93. The lowest BCUT2D eigenvalue weighted by molar-refractivity contribution is 0.636. The number of benzene rings is 1. The van der Waals surface area contributed by atoms with Crippen molar-refractivity contribution in [3.05, 3.63) is 60.4 Å². The first-order valence-electron chi connectivity index (χ1n) is 7.90. The minimum absolute atomic E-state index is 0.548.